The van der Waals surface area contributed by atoms with Crippen LogP contribution in [0.1, 0.15) is 41.0 Å². The quantitative estimate of drug-likeness (QED) is 0.651. The van der Waals surface area contributed by atoms with Gasteiger partial charge in [-0.05, 0) is 49.6 Å². The Morgan fingerprint density at radius 2 is 1.76 bits per heavy atom. The first-order chi connectivity index (χ1) is 13.9. The highest BCUT2D eigenvalue weighted by atomic mass is 16.5. The number of nitrogens with zero attached hydrogens (tertiary/aromatic N) is 2. The lowest BCUT2D eigenvalue weighted by atomic mass is 9.97. The second-order valence-electron chi connectivity index (χ2n) is 7.51. The summed E-state index contributed by atoms with van der Waals surface area (Å²) < 4.78 is 7.30. The van der Waals surface area contributed by atoms with Gasteiger partial charge in [-0.15, -0.1) is 0 Å². The van der Waals surface area contributed by atoms with E-state index >= 15 is 0 Å². The first-order valence-electron chi connectivity index (χ1n) is 9.90. The van der Waals surface area contributed by atoms with E-state index in [-0.39, 0.29) is 17.9 Å². The van der Waals surface area contributed by atoms with Crippen LogP contribution in [-0.2, 0) is 11.3 Å². The van der Waals surface area contributed by atoms with Gasteiger partial charge in [-0.25, -0.2) is 0 Å². The molecule has 152 valence electrons. The van der Waals surface area contributed by atoms with Gasteiger partial charge in [0.05, 0.1) is 31.3 Å². The first kappa shape index (κ1) is 20.6. The molecule has 3 rings (SSSR count). The van der Waals surface area contributed by atoms with Crippen LogP contribution in [0.25, 0.3) is 0 Å². The van der Waals surface area contributed by atoms with Crippen molar-refractivity contribution < 1.29 is 9.53 Å². The summed E-state index contributed by atoms with van der Waals surface area (Å²) in [5, 5.41) is 7.80. The molecule has 2 aromatic carbocycles. The topological polar surface area (TPSA) is 56.1 Å². The Kier molecular flexibility index (Phi) is 6.37. The predicted molar refractivity (Wildman–Crippen MR) is 115 cm³/mol. The smallest absolute Gasteiger partial charge is 0.225 e. The van der Waals surface area contributed by atoms with Gasteiger partial charge in [0, 0.05) is 5.69 Å². The van der Waals surface area contributed by atoms with Crippen molar-refractivity contribution in [1.29, 1.82) is 0 Å². The van der Waals surface area contributed by atoms with Gasteiger partial charge in [0.2, 0.25) is 5.91 Å². The molecule has 0 unspecified atom stereocenters. The number of amides is 1. The second kappa shape index (κ2) is 8.95. The Morgan fingerprint density at radius 1 is 1.07 bits per heavy atom. The number of aryl methyl sites for hydroxylation is 1. The number of rotatable bonds is 7. The third kappa shape index (κ3) is 4.67. The number of ether oxygens (including phenoxy) is 1. The summed E-state index contributed by atoms with van der Waals surface area (Å²) in [6.45, 7) is 8.59. The maximum atomic E-state index is 13.1. The highest BCUT2D eigenvalue weighted by Gasteiger charge is 2.22. The lowest BCUT2D eigenvalue weighted by Crippen LogP contribution is -2.35. The molecule has 1 N–H and O–H groups in total. The standard InChI is InChI=1S/C24H29N3O2/c1-16(15-27-19(4)17(2)18(3)26-27)24(28)25-23(20-10-7-6-8-11-20)21-12-9-13-22(14-21)29-5/h6-14,16,23H,15H2,1-5H3,(H,25,28)/t16-,23-/m0/s1. The van der Waals surface area contributed by atoms with Crippen molar-refractivity contribution in [2.24, 2.45) is 5.92 Å². The first-order valence-corrected chi connectivity index (χ1v) is 9.90. The van der Waals surface area contributed by atoms with E-state index in [1.807, 2.05) is 80.1 Å². The molecule has 29 heavy (non-hydrogen) atoms. The van der Waals surface area contributed by atoms with Gasteiger partial charge in [0.25, 0.3) is 0 Å². The highest BCUT2D eigenvalue weighted by molar-refractivity contribution is 5.79. The SMILES string of the molecule is COc1cccc([C@@H](NC(=O)[C@@H](C)Cn2nc(C)c(C)c2C)c2ccccc2)c1. The van der Waals surface area contributed by atoms with Gasteiger partial charge in [-0.3, -0.25) is 9.48 Å². The molecule has 1 heterocycles. The van der Waals surface area contributed by atoms with Crippen molar-refractivity contribution in [3.8, 4) is 5.75 Å². The van der Waals surface area contributed by atoms with Crippen LogP contribution >= 0.6 is 0 Å². The van der Waals surface area contributed by atoms with Gasteiger partial charge in [-0.1, -0.05) is 49.4 Å². The minimum absolute atomic E-state index is 0.00752. The van der Waals surface area contributed by atoms with Crippen LogP contribution in [0.15, 0.2) is 54.6 Å². The average molecular weight is 392 g/mol. The van der Waals surface area contributed by atoms with E-state index in [1.54, 1.807) is 7.11 Å². The summed E-state index contributed by atoms with van der Waals surface area (Å²) in [5.74, 6) is 0.542. The van der Waals surface area contributed by atoms with Crippen molar-refractivity contribution in [2.45, 2.75) is 40.3 Å². The summed E-state index contributed by atoms with van der Waals surface area (Å²) in [5.41, 5.74) is 5.31. The molecule has 0 fully saturated rings. The van der Waals surface area contributed by atoms with Gasteiger partial charge in [0.15, 0.2) is 0 Å². The maximum Gasteiger partial charge on any atom is 0.225 e. The van der Waals surface area contributed by atoms with Crippen LogP contribution in [0.3, 0.4) is 0 Å². The number of methoxy groups -OCH3 is 1. The third-order valence-electron chi connectivity index (χ3n) is 5.48. The summed E-state index contributed by atoms with van der Waals surface area (Å²) in [4.78, 5) is 13.1. The number of hydrogen-bond acceptors (Lipinski definition) is 3. The molecule has 1 amide bonds. The van der Waals surface area contributed by atoms with E-state index in [0.717, 1.165) is 28.3 Å². The Hall–Kier alpha value is -3.08. The maximum absolute atomic E-state index is 13.1. The van der Waals surface area contributed by atoms with Gasteiger partial charge in [0.1, 0.15) is 5.75 Å². The third-order valence-corrected chi connectivity index (χ3v) is 5.48. The molecule has 5 heteroatoms. The minimum Gasteiger partial charge on any atom is -0.497 e. The molecule has 0 saturated heterocycles. The van der Waals surface area contributed by atoms with Crippen LogP contribution in [0.2, 0.25) is 0 Å². The zero-order chi connectivity index (χ0) is 21.0. The van der Waals surface area contributed by atoms with Crippen LogP contribution in [-0.4, -0.2) is 22.8 Å². The van der Waals surface area contributed by atoms with Crippen molar-refractivity contribution >= 4 is 5.91 Å². The molecule has 0 aliphatic heterocycles. The molecule has 0 spiro atoms. The lowest BCUT2D eigenvalue weighted by Gasteiger charge is -2.23. The Labute approximate surface area is 172 Å². The molecule has 1 aromatic heterocycles. The molecule has 0 aliphatic carbocycles. The summed E-state index contributed by atoms with van der Waals surface area (Å²) in [6.07, 6.45) is 0. The Morgan fingerprint density at radius 3 is 2.38 bits per heavy atom. The summed E-state index contributed by atoms with van der Waals surface area (Å²) >= 11 is 0. The summed E-state index contributed by atoms with van der Waals surface area (Å²) in [6, 6.07) is 17.6. The number of carbonyl (C=O) groups is 1. The van der Waals surface area contributed by atoms with Crippen LogP contribution in [0.5, 0.6) is 5.75 Å². The fraction of sp³-hybridized carbons (Fsp3) is 0.333. The molecule has 0 radical (unpaired) electrons. The molecule has 3 aromatic rings. The second-order valence-corrected chi connectivity index (χ2v) is 7.51. The van der Waals surface area contributed by atoms with E-state index in [1.165, 1.54) is 5.56 Å². The molecule has 5 nitrogen and oxygen atoms in total. The van der Waals surface area contributed by atoms with E-state index < -0.39 is 0 Å². The van der Waals surface area contributed by atoms with E-state index in [9.17, 15) is 4.79 Å². The average Bonchev–Trinajstić information content (AvgIpc) is 2.98. The zero-order valence-electron chi connectivity index (χ0n) is 17.8. The van der Waals surface area contributed by atoms with Crippen molar-refractivity contribution in [3.63, 3.8) is 0 Å². The van der Waals surface area contributed by atoms with Crippen molar-refractivity contribution in [3.05, 3.63) is 82.7 Å². The van der Waals surface area contributed by atoms with Crippen LogP contribution in [0.4, 0.5) is 0 Å². The number of aromatic nitrogens is 2. The monoisotopic (exact) mass is 391 g/mol. The Bertz CT molecular complexity index is 979. The number of carbonyl (C=O) groups excluding carboxylic acids is 1. The lowest BCUT2D eigenvalue weighted by molar-refractivity contribution is -0.125. The predicted octanol–water partition coefficient (Wildman–Crippen LogP) is 4.36. The molecule has 2 atom stereocenters. The fourth-order valence-electron chi connectivity index (χ4n) is 3.42. The van der Waals surface area contributed by atoms with E-state index in [4.69, 9.17) is 4.74 Å². The molecular weight excluding hydrogens is 362 g/mol. The van der Waals surface area contributed by atoms with Crippen molar-refractivity contribution in [2.75, 3.05) is 7.11 Å². The number of benzene rings is 2. The molecule has 0 bridgehead atoms. The van der Waals surface area contributed by atoms with Gasteiger partial charge < -0.3 is 10.1 Å². The number of hydrogen-bond donors (Lipinski definition) is 1. The molecule has 0 saturated carbocycles. The van der Waals surface area contributed by atoms with Crippen LogP contribution < -0.4 is 10.1 Å². The van der Waals surface area contributed by atoms with Gasteiger partial charge in [-0.2, -0.15) is 5.10 Å². The fourth-order valence-corrected chi connectivity index (χ4v) is 3.42. The largest absolute Gasteiger partial charge is 0.497 e. The zero-order valence-corrected chi connectivity index (χ0v) is 17.8. The Balaban J connectivity index is 1.83. The van der Waals surface area contributed by atoms with Crippen molar-refractivity contribution in [1.82, 2.24) is 15.1 Å². The molecular formula is C24H29N3O2. The highest BCUT2D eigenvalue weighted by Crippen LogP contribution is 2.26. The molecule has 0 aliphatic rings. The number of nitrogens with one attached hydrogen (secondary N) is 1. The van der Waals surface area contributed by atoms with E-state index in [0.29, 0.717) is 6.54 Å². The summed E-state index contributed by atoms with van der Waals surface area (Å²) in [7, 11) is 1.65. The normalized spacial score (nSPS) is 13.0. The van der Waals surface area contributed by atoms with Gasteiger partial charge >= 0.3 is 0 Å². The van der Waals surface area contributed by atoms with Crippen LogP contribution in [0, 0.1) is 26.7 Å². The minimum atomic E-state index is -0.247. The van der Waals surface area contributed by atoms with E-state index in [2.05, 4.69) is 17.3 Å².